The highest BCUT2D eigenvalue weighted by Crippen LogP contribution is 2.54. The number of hydrogen-bond donors (Lipinski definition) is 1. The van der Waals surface area contributed by atoms with Gasteiger partial charge in [0.05, 0.1) is 5.57 Å². The molecule has 2 aliphatic rings. The van der Waals surface area contributed by atoms with Crippen LogP contribution in [0.4, 0.5) is 0 Å². The van der Waals surface area contributed by atoms with Gasteiger partial charge in [0.25, 0.3) is 0 Å². The van der Waals surface area contributed by atoms with Crippen LogP contribution in [0.25, 0.3) is 0 Å². The van der Waals surface area contributed by atoms with E-state index in [-0.39, 0.29) is 34.6 Å². The van der Waals surface area contributed by atoms with Crippen molar-refractivity contribution in [3.8, 4) is 6.07 Å². The third kappa shape index (κ3) is 2.26. The largest absolute Gasteiger partial charge is 0.354 e. The zero-order valence-electron chi connectivity index (χ0n) is 12.6. The summed E-state index contributed by atoms with van der Waals surface area (Å²) in [7, 11) is 0. The number of carbonyl (C=O) groups is 2. The standard InChI is InChI=1S/C16H22N2O2/c1-10(19)18-12-5-6-13-15(2,3)14(20)11(9-17)7-16(13,4)8-12/h7,12-13H,5-6,8H2,1-4H3,(H,18,19)/t12-,13-,16+/m1/s1. The lowest BCUT2D eigenvalue weighted by Gasteiger charge is -2.52. The van der Waals surface area contributed by atoms with Crippen LogP contribution < -0.4 is 5.32 Å². The van der Waals surface area contributed by atoms with E-state index in [1.54, 1.807) is 0 Å². The molecule has 20 heavy (non-hydrogen) atoms. The molecule has 1 amide bonds. The van der Waals surface area contributed by atoms with Crippen molar-refractivity contribution in [2.75, 3.05) is 0 Å². The minimum Gasteiger partial charge on any atom is -0.354 e. The third-order valence-electron chi connectivity index (χ3n) is 4.99. The first-order valence-corrected chi connectivity index (χ1v) is 7.15. The van der Waals surface area contributed by atoms with E-state index in [2.05, 4.69) is 12.2 Å². The molecule has 0 aromatic carbocycles. The van der Waals surface area contributed by atoms with E-state index in [9.17, 15) is 14.9 Å². The summed E-state index contributed by atoms with van der Waals surface area (Å²) >= 11 is 0. The first-order chi connectivity index (χ1) is 9.20. The average molecular weight is 274 g/mol. The zero-order chi connectivity index (χ0) is 15.1. The Morgan fingerprint density at radius 1 is 1.40 bits per heavy atom. The molecular formula is C16H22N2O2. The molecule has 0 spiro atoms. The van der Waals surface area contributed by atoms with Gasteiger partial charge in [-0.1, -0.05) is 26.8 Å². The molecule has 108 valence electrons. The van der Waals surface area contributed by atoms with Crippen LogP contribution in [0.15, 0.2) is 11.6 Å². The SMILES string of the molecule is CC(=O)N[C@@H]1CC[C@@H]2C(C)(C)C(=O)C(C#N)=C[C@@]2(C)C1. The van der Waals surface area contributed by atoms with Crippen LogP contribution in [0.2, 0.25) is 0 Å². The van der Waals surface area contributed by atoms with Gasteiger partial charge in [-0.25, -0.2) is 0 Å². The second-order valence-corrected chi connectivity index (χ2v) is 6.96. The minimum atomic E-state index is -0.504. The maximum absolute atomic E-state index is 12.4. The summed E-state index contributed by atoms with van der Waals surface area (Å²) in [6, 6.07) is 2.18. The van der Waals surface area contributed by atoms with Crippen molar-refractivity contribution in [1.29, 1.82) is 5.26 Å². The highest BCUT2D eigenvalue weighted by molar-refractivity contribution is 6.04. The number of carbonyl (C=O) groups excluding carboxylic acids is 2. The fraction of sp³-hybridized carbons (Fsp3) is 0.688. The van der Waals surface area contributed by atoms with Crippen molar-refractivity contribution < 1.29 is 9.59 Å². The molecule has 1 saturated carbocycles. The maximum Gasteiger partial charge on any atom is 0.217 e. The van der Waals surface area contributed by atoms with Gasteiger partial charge in [-0.05, 0) is 30.6 Å². The van der Waals surface area contributed by atoms with Gasteiger partial charge in [0.15, 0.2) is 5.78 Å². The van der Waals surface area contributed by atoms with Gasteiger partial charge in [0, 0.05) is 18.4 Å². The fourth-order valence-corrected chi connectivity index (χ4v) is 4.21. The summed E-state index contributed by atoms with van der Waals surface area (Å²) in [5, 5.41) is 12.2. The Balaban J connectivity index is 2.37. The number of nitriles is 1. The monoisotopic (exact) mass is 274 g/mol. The van der Waals surface area contributed by atoms with Crippen LogP contribution in [-0.2, 0) is 9.59 Å². The van der Waals surface area contributed by atoms with Gasteiger partial charge in [-0.3, -0.25) is 9.59 Å². The van der Waals surface area contributed by atoms with Gasteiger partial charge in [0.2, 0.25) is 5.91 Å². The summed E-state index contributed by atoms with van der Waals surface area (Å²) in [5.74, 6) is 0.165. The molecule has 2 aliphatic carbocycles. The quantitative estimate of drug-likeness (QED) is 0.798. The highest BCUT2D eigenvalue weighted by Gasteiger charge is 2.53. The zero-order valence-corrected chi connectivity index (χ0v) is 12.6. The fourth-order valence-electron chi connectivity index (χ4n) is 4.21. The number of hydrogen-bond acceptors (Lipinski definition) is 3. The third-order valence-corrected chi connectivity index (χ3v) is 4.99. The Morgan fingerprint density at radius 3 is 2.60 bits per heavy atom. The predicted octanol–water partition coefficient (Wildman–Crippen LogP) is 2.36. The van der Waals surface area contributed by atoms with Crippen LogP contribution in [0, 0.1) is 28.1 Å². The van der Waals surface area contributed by atoms with Crippen LogP contribution in [0.3, 0.4) is 0 Å². The van der Waals surface area contributed by atoms with E-state index in [0.29, 0.717) is 0 Å². The molecule has 4 heteroatoms. The number of allylic oxidation sites excluding steroid dienone is 2. The minimum absolute atomic E-state index is 0.0207. The van der Waals surface area contributed by atoms with Gasteiger partial charge < -0.3 is 5.32 Å². The summed E-state index contributed by atoms with van der Waals surface area (Å²) in [6.07, 6.45) is 4.43. The van der Waals surface area contributed by atoms with E-state index in [1.165, 1.54) is 6.92 Å². The van der Waals surface area contributed by atoms with E-state index >= 15 is 0 Å². The van der Waals surface area contributed by atoms with Crippen molar-refractivity contribution >= 4 is 11.7 Å². The second-order valence-electron chi connectivity index (χ2n) is 6.96. The van der Waals surface area contributed by atoms with Crippen molar-refractivity contribution in [3.05, 3.63) is 11.6 Å². The number of Topliss-reactive ketones (excluding diaryl/α,β-unsaturated/α-hetero) is 1. The molecule has 3 atom stereocenters. The molecule has 0 heterocycles. The average Bonchev–Trinajstić information content (AvgIpc) is 2.32. The van der Waals surface area contributed by atoms with Gasteiger partial charge in [0.1, 0.15) is 6.07 Å². The van der Waals surface area contributed by atoms with Crippen LogP contribution in [-0.4, -0.2) is 17.7 Å². The molecule has 0 saturated heterocycles. The first kappa shape index (κ1) is 14.8. The Bertz CT molecular complexity index is 527. The Labute approximate surface area is 120 Å². The molecule has 2 rings (SSSR count). The number of rotatable bonds is 1. The van der Waals surface area contributed by atoms with E-state index in [1.807, 2.05) is 26.0 Å². The second kappa shape index (κ2) is 4.73. The molecule has 0 bridgehead atoms. The Morgan fingerprint density at radius 2 is 2.05 bits per heavy atom. The summed E-state index contributed by atoms with van der Waals surface area (Å²) in [6.45, 7) is 7.53. The van der Waals surface area contributed by atoms with Crippen molar-refractivity contribution in [1.82, 2.24) is 5.32 Å². The van der Waals surface area contributed by atoms with Gasteiger partial charge in [-0.2, -0.15) is 5.26 Å². The topological polar surface area (TPSA) is 70.0 Å². The number of ketones is 1. The first-order valence-electron chi connectivity index (χ1n) is 7.15. The van der Waals surface area contributed by atoms with Crippen LogP contribution >= 0.6 is 0 Å². The van der Waals surface area contributed by atoms with E-state index in [4.69, 9.17) is 0 Å². The number of fused-ring (bicyclic) bond motifs is 1. The molecule has 1 fully saturated rings. The van der Waals surface area contributed by atoms with Gasteiger partial charge >= 0.3 is 0 Å². The maximum atomic E-state index is 12.4. The lowest BCUT2D eigenvalue weighted by Crippen LogP contribution is -2.52. The summed E-state index contributed by atoms with van der Waals surface area (Å²) < 4.78 is 0. The molecule has 0 unspecified atom stereocenters. The molecule has 0 aliphatic heterocycles. The van der Waals surface area contributed by atoms with Crippen molar-refractivity contribution in [2.45, 2.75) is 53.0 Å². The van der Waals surface area contributed by atoms with Gasteiger partial charge in [-0.15, -0.1) is 0 Å². The Kier molecular flexibility index (Phi) is 3.49. The summed E-state index contributed by atoms with van der Waals surface area (Å²) in [5.41, 5.74) is -0.430. The van der Waals surface area contributed by atoms with E-state index in [0.717, 1.165) is 19.3 Å². The smallest absolute Gasteiger partial charge is 0.217 e. The van der Waals surface area contributed by atoms with Crippen LogP contribution in [0.5, 0.6) is 0 Å². The summed E-state index contributed by atoms with van der Waals surface area (Å²) in [4.78, 5) is 23.6. The highest BCUT2D eigenvalue weighted by atomic mass is 16.1. The molecule has 4 nitrogen and oxygen atoms in total. The molecule has 0 radical (unpaired) electrons. The predicted molar refractivity (Wildman–Crippen MR) is 75.5 cm³/mol. The number of nitrogens with zero attached hydrogens (tertiary/aromatic N) is 1. The number of nitrogens with one attached hydrogen (secondary N) is 1. The molecule has 1 N–H and O–H groups in total. The molecule has 0 aromatic rings. The van der Waals surface area contributed by atoms with Crippen molar-refractivity contribution in [3.63, 3.8) is 0 Å². The normalized spacial score (nSPS) is 35.5. The Hall–Kier alpha value is -1.63. The molecular weight excluding hydrogens is 252 g/mol. The lowest BCUT2D eigenvalue weighted by atomic mass is 9.52. The van der Waals surface area contributed by atoms with Crippen LogP contribution in [0.1, 0.15) is 47.0 Å². The van der Waals surface area contributed by atoms with Crippen molar-refractivity contribution in [2.24, 2.45) is 16.7 Å². The number of amides is 1. The van der Waals surface area contributed by atoms with E-state index < -0.39 is 5.41 Å². The lowest BCUT2D eigenvalue weighted by molar-refractivity contribution is -0.132. The molecule has 0 aromatic heterocycles.